The number of hydrogen-bond acceptors (Lipinski definition) is 36. The Morgan fingerprint density at radius 2 is 1.18 bits per heavy atom. The maximum atomic E-state index is 16.0. The Morgan fingerprint density at radius 3 is 1.82 bits per heavy atom. The summed E-state index contributed by atoms with van der Waals surface area (Å²) in [4.78, 5) is 56.4. The molecule has 1 amide bonds. The molecule has 0 spiro atoms. The first kappa shape index (κ1) is 88.4. The van der Waals surface area contributed by atoms with Gasteiger partial charge in [-0.05, 0) is 104 Å². The first-order valence-corrected chi connectivity index (χ1v) is 38.1. The highest BCUT2D eigenvalue weighted by molar-refractivity contribution is 5.80. The van der Waals surface area contributed by atoms with Gasteiger partial charge in [0, 0.05) is 6.42 Å². The third-order valence-electron chi connectivity index (χ3n) is 27.3. The highest BCUT2D eigenvalue weighted by Crippen LogP contribution is 2.76. The molecule has 7 saturated heterocycles. The van der Waals surface area contributed by atoms with E-state index in [2.05, 4.69) is 46.0 Å². The molecule has 7 aliphatic heterocycles. The summed E-state index contributed by atoms with van der Waals surface area (Å²) in [6.45, 7) is 10.7. The van der Waals surface area contributed by atoms with Gasteiger partial charge in [0.05, 0.1) is 69.4 Å². The van der Waals surface area contributed by atoms with Crippen LogP contribution in [-0.4, -0.2) is 363 Å². The minimum atomic E-state index is -2.24. The molecule has 20 N–H and O–H groups in total. The Labute approximate surface area is 640 Å². The minimum Gasteiger partial charge on any atom is -0.479 e. The number of amides is 1. The number of carbonyl (C=O) groups excluding carboxylic acids is 3. The van der Waals surface area contributed by atoms with Gasteiger partial charge >= 0.3 is 11.9 Å². The van der Waals surface area contributed by atoms with E-state index in [9.17, 15) is 111 Å². The molecule has 11 fully saturated rings. The van der Waals surface area contributed by atoms with Gasteiger partial charge in [-0.1, -0.05) is 67.5 Å². The van der Waals surface area contributed by atoms with E-state index in [0.29, 0.717) is 38.5 Å². The number of nitrogens with one attached hydrogen (secondary N) is 1. The molecule has 12 rings (SSSR count). The molecule has 41 atom stereocenters. The van der Waals surface area contributed by atoms with E-state index in [1.807, 2.05) is 0 Å². The molecule has 111 heavy (non-hydrogen) atoms. The zero-order valence-electron chi connectivity index (χ0n) is 62.5. The van der Waals surface area contributed by atoms with E-state index < -0.39 is 304 Å². The molecule has 38 nitrogen and oxygen atoms in total. The van der Waals surface area contributed by atoms with Gasteiger partial charge in [0.25, 0.3) is 0 Å². The number of aliphatic hydroxyl groups is 18. The lowest BCUT2D eigenvalue weighted by Crippen LogP contribution is -2.70. The Kier molecular flexibility index (Phi) is 26.6. The summed E-state index contributed by atoms with van der Waals surface area (Å²) >= 11 is 0. The third kappa shape index (κ3) is 15.3. The second kappa shape index (κ2) is 33.4. The van der Waals surface area contributed by atoms with E-state index >= 15 is 4.79 Å². The number of carboxylic acids is 1. The molecule has 12 aliphatic rings. The normalized spacial score (nSPS) is 52.5. The van der Waals surface area contributed by atoms with Crippen molar-refractivity contribution in [2.75, 3.05) is 39.6 Å². The molecular formula is C73H117NO37. The predicted molar refractivity (Wildman–Crippen MR) is 367 cm³/mol. The van der Waals surface area contributed by atoms with Gasteiger partial charge in [-0.25, -0.2) is 4.79 Å². The molecule has 4 saturated carbocycles. The van der Waals surface area contributed by atoms with Crippen LogP contribution in [0.5, 0.6) is 0 Å². The van der Waals surface area contributed by atoms with Crippen molar-refractivity contribution in [3.63, 3.8) is 0 Å². The third-order valence-corrected chi connectivity index (χ3v) is 27.3. The quantitative estimate of drug-likeness (QED) is 0.0220. The molecule has 636 valence electrons. The van der Waals surface area contributed by atoms with Gasteiger partial charge < -0.3 is 173 Å². The SMILES string of the molecule is C.CCC(=O)N[C@@H]1C(O)C(O[C@@H]2OC(C)[C@H](O[C@@H]3OC[C@@H](O)C(O[C@@H]4OC[C@@](O)(CO)C4O)C3O)C(O)C2O)[C@H](OC(=O)[C@]23CCC(C)(C)CC2C2=CCC4C5(C)CC[C@H](O[C@@H]6OC(C(=O)O)[C@@H](O)[C@H](O[C@@H]7OC[C@@H](O)[C@H](O)C7O)C6O[C@@H]6OC(CO)[C@H](O)[C@H](O)C6O)[C@](C)(C=O)[C@@H]5CC[C@]4(C)[C@]2(C)CC3O)O[C@@H]1CO. The van der Waals surface area contributed by atoms with Crippen molar-refractivity contribution in [3.8, 4) is 0 Å². The van der Waals surface area contributed by atoms with E-state index in [1.165, 1.54) is 13.8 Å². The van der Waals surface area contributed by atoms with Crippen molar-refractivity contribution < 1.29 is 183 Å². The van der Waals surface area contributed by atoms with Crippen LogP contribution in [0.2, 0.25) is 0 Å². The number of aliphatic carboxylic acids is 1. The van der Waals surface area contributed by atoms with Crippen LogP contribution >= 0.6 is 0 Å². The Bertz CT molecular complexity index is 3270. The zero-order valence-corrected chi connectivity index (χ0v) is 62.5. The lowest BCUT2D eigenvalue weighted by atomic mass is 9.33. The van der Waals surface area contributed by atoms with Crippen molar-refractivity contribution in [2.45, 2.75) is 329 Å². The number of esters is 1. The number of ether oxygens (including phenoxy) is 14. The summed E-state index contributed by atoms with van der Waals surface area (Å²) in [6.07, 6.45) is -51.1. The highest BCUT2D eigenvalue weighted by atomic mass is 16.8. The number of hydrogen-bond donors (Lipinski definition) is 20. The van der Waals surface area contributed by atoms with Crippen LogP contribution in [0, 0.1) is 50.2 Å². The van der Waals surface area contributed by atoms with E-state index in [-0.39, 0.29) is 39.0 Å². The van der Waals surface area contributed by atoms with Crippen LogP contribution < -0.4 is 5.32 Å². The van der Waals surface area contributed by atoms with Gasteiger partial charge in [-0.3, -0.25) is 9.59 Å². The topological polar surface area (TPSA) is 594 Å². The average Bonchev–Trinajstić information content (AvgIpc) is 1.10. The fourth-order valence-corrected chi connectivity index (χ4v) is 20.5. The molecule has 7 heterocycles. The molecule has 5 aliphatic carbocycles. The molecule has 38 heteroatoms. The van der Waals surface area contributed by atoms with Gasteiger partial charge in [0.1, 0.15) is 133 Å². The van der Waals surface area contributed by atoms with Crippen molar-refractivity contribution in [1.82, 2.24) is 5.32 Å². The first-order chi connectivity index (χ1) is 51.7. The van der Waals surface area contributed by atoms with Crippen LogP contribution in [0.15, 0.2) is 11.6 Å². The van der Waals surface area contributed by atoms with Crippen LogP contribution in [0.25, 0.3) is 0 Å². The number of aldehydes is 1. The molecule has 0 radical (unpaired) electrons. The molecule has 0 aromatic heterocycles. The second-order valence-corrected chi connectivity index (χ2v) is 34.2. The van der Waals surface area contributed by atoms with Gasteiger partial charge in [0.15, 0.2) is 49.9 Å². The van der Waals surface area contributed by atoms with Crippen LogP contribution in [-0.2, 0) is 85.5 Å². The van der Waals surface area contributed by atoms with Crippen LogP contribution in [0.3, 0.4) is 0 Å². The summed E-state index contributed by atoms with van der Waals surface area (Å²) < 4.78 is 84.0. The van der Waals surface area contributed by atoms with Crippen molar-refractivity contribution in [1.29, 1.82) is 0 Å². The Morgan fingerprint density at radius 1 is 0.577 bits per heavy atom. The number of carbonyl (C=O) groups is 4. The number of rotatable bonds is 21. The molecular weight excluding hydrogens is 1480 g/mol. The van der Waals surface area contributed by atoms with Crippen LogP contribution in [0.4, 0.5) is 0 Å². The van der Waals surface area contributed by atoms with Gasteiger partial charge in [-0.2, -0.15) is 0 Å². The van der Waals surface area contributed by atoms with Crippen molar-refractivity contribution in [3.05, 3.63) is 11.6 Å². The van der Waals surface area contributed by atoms with Crippen LogP contribution in [0.1, 0.15) is 127 Å². The summed E-state index contributed by atoms with van der Waals surface area (Å²) in [5.74, 6) is -4.84. The fourth-order valence-electron chi connectivity index (χ4n) is 20.5. The van der Waals surface area contributed by atoms with E-state index in [4.69, 9.17) is 66.3 Å². The van der Waals surface area contributed by atoms with E-state index in [1.54, 1.807) is 6.92 Å². The lowest BCUT2D eigenvalue weighted by molar-refractivity contribution is -0.391. The summed E-state index contributed by atoms with van der Waals surface area (Å²) in [7, 11) is 0. The average molecular weight is 1600 g/mol. The summed E-state index contributed by atoms with van der Waals surface area (Å²) in [5, 5.41) is 213. The first-order valence-electron chi connectivity index (χ1n) is 38.1. The molecule has 0 bridgehead atoms. The minimum absolute atomic E-state index is 0. The van der Waals surface area contributed by atoms with Gasteiger partial charge in [-0.15, -0.1) is 0 Å². The maximum Gasteiger partial charge on any atom is 0.335 e. The maximum absolute atomic E-state index is 16.0. The second-order valence-electron chi connectivity index (χ2n) is 34.2. The predicted octanol–water partition coefficient (Wildman–Crippen LogP) is -6.20. The molecule has 17 unspecified atom stereocenters. The number of carboxylic acid groups (broad SMARTS) is 1. The monoisotopic (exact) mass is 1600 g/mol. The standard InChI is InChI=1S/C72H113NO37.CH4/c1-9-38(81)73-39-32(20-74)101-62(54(42(39)84)108-60-47(89)44(86)50(27(2)100-60)104-59-49(91)51(31(79)23-98-59)105-64-56(92)71(96,25-77)26-99-64)110-65(95)72-17-16-66(3,4)18-29(72)28-10-11-35-67(5)14-13-37(68(6,24-76)34(67)12-15-69(35,7)70(28,8)19-36(72)80)103-63-55(109-61-46(88)43(85)41(83)33(21-75)102-61)52(48(90)53(107-63)57(93)94)106-58-45(87)40(82)30(78)22-97-58;/h10,24,27,29-37,39-56,58-64,74-75,77-80,82-92,96H,9,11-23,25-26H2,1-8H3,(H,73,81)(H,93,94);1H4/t27?,29?,30-,31-,32-,33?,34-,35?,36?,37+,39+,40+,41+,42?,43+,44?,45?,46?,47?,48+,49?,50+,51?,52+,53?,54?,55?,56?,58+,59+,60+,61+,62+,63-,64+,67?,68-,69+,70-,71+,72-;/m1./s1. The smallest absolute Gasteiger partial charge is 0.335 e. The molecule has 0 aromatic carbocycles. The number of aliphatic hydroxyl groups excluding tert-OH is 17. The van der Waals surface area contributed by atoms with E-state index in [0.717, 1.165) is 11.9 Å². The fraction of sp³-hybridized carbons (Fsp3) is 0.918. The largest absolute Gasteiger partial charge is 0.479 e. The summed E-state index contributed by atoms with van der Waals surface area (Å²) in [5.41, 5.74) is -7.23. The van der Waals surface area contributed by atoms with Crippen molar-refractivity contribution in [2.24, 2.45) is 50.2 Å². The zero-order chi connectivity index (χ0) is 80.4. The van der Waals surface area contributed by atoms with Crippen molar-refractivity contribution >= 4 is 24.1 Å². The lowest BCUT2D eigenvalue weighted by Gasteiger charge is -2.71. The highest BCUT2D eigenvalue weighted by Gasteiger charge is 2.73. The summed E-state index contributed by atoms with van der Waals surface area (Å²) in [6, 6.07) is -1.46. The number of fused-ring (bicyclic) bond motifs is 7. The Balaban J connectivity index is 0.0000122. The Hall–Kier alpha value is -3.42. The number of allylic oxidation sites excluding steroid dienone is 2. The van der Waals surface area contributed by atoms with Gasteiger partial charge in [0.2, 0.25) is 12.2 Å². The molecule has 0 aromatic rings.